The number of hydrogen-bond donors (Lipinski definition) is 1. The number of amides is 3. The van der Waals surface area contributed by atoms with Gasteiger partial charge in [-0.25, -0.2) is 9.69 Å². The molecule has 3 amide bonds. The van der Waals surface area contributed by atoms with Crippen molar-refractivity contribution in [3.8, 4) is 5.75 Å². The smallest absolute Gasteiger partial charge is 0.338 e. The van der Waals surface area contributed by atoms with Crippen molar-refractivity contribution in [2.45, 2.75) is 6.92 Å². The molecule has 0 spiro atoms. The van der Waals surface area contributed by atoms with Gasteiger partial charge in [-0.2, -0.15) is 0 Å². The fraction of sp³-hybridized carbons (Fsp3) is 0.120. The Labute approximate surface area is 189 Å². The maximum absolute atomic E-state index is 12.9. The van der Waals surface area contributed by atoms with Gasteiger partial charge in [-0.1, -0.05) is 18.2 Å². The van der Waals surface area contributed by atoms with Crippen molar-refractivity contribution in [1.29, 1.82) is 0 Å². The predicted molar refractivity (Wildman–Crippen MR) is 121 cm³/mol. The van der Waals surface area contributed by atoms with Crippen molar-refractivity contribution >= 4 is 35.1 Å². The molecule has 1 aliphatic heterocycles. The molecule has 0 bridgehead atoms. The van der Waals surface area contributed by atoms with E-state index in [0.29, 0.717) is 17.1 Å². The Morgan fingerprint density at radius 1 is 0.848 bits per heavy atom. The van der Waals surface area contributed by atoms with Gasteiger partial charge < -0.3 is 14.8 Å². The second-order valence-electron chi connectivity index (χ2n) is 7.23. The van der Waals surface area contributed by atoms with Gasteiger partial charge in [0.2, 0.25) is 5.91 Å². The maximum atomic E-state index is 12.9. The molecule has 8 heteroatoms. The van der Waals surface area contributed by atoms with E-state index in [0.717, 1.165) is 4.90 Å². The van der Waals surface area contributed by atoms with Crippen LogP contribution >= 0.6 is 0 Å². The summed E-state index contributed by atoms with van der Waals surface area (Å²) in [4.78, 5) is 50.3. The molecule has 0 fully saturated rings. The third-order valence-corrected chi connectivity index (χ3v) is 4.90. The van der Waals surface area contributed by atoms with Gasteiger partial charge in [0, 0.05) is 12.6 Å². The summed E-state index contributed by atoms with van der Waals surface area (Å²) in [5.74, 6) is -1.20. The zero-order valence-corrected chi connectivity index (χ0v) is 17.7. The summed E-state index contributed by atoms with van der Waals surface area (Å²) in [6.07, 6.45) is 0. The molecule has 0 saturated carbocycles. The third kappa shape index (κ3) is 4.74. The minimum Gasteiger partial charge on any atom is -0.490 e. The fourth-order valence-corrected chi connectivity index (χ4v) is 3.39. The number of benzene rings is 3. The van der Waals surface area contributed by atoms with Crippen LogP contribution in [0.3, 0.4) is 0 Å². The number of para-hydroxylation sites is 1. The molecular formula is C25H20N2O6. The van der Waals surface area contributed by atoms with E-state index < -0.39 is 17.8 Å². The number of carbonyl (C=O) groups is 4. The standard InChI is InChI=1S/C25H20N2O6/c1-16(28)26-18-8-10-19(11-9-18)27-23(29)21-12-7-17(15-22(21)24(27)30)25(31)33-14-13-32-20-5-3-2-4-6-20/h2-12,15H,13-14H2,1H3,(H,26,28). The molecule has 0 aliphatic carbocycles. The van der Waals surface area contributed by atoms with Crippen LogP contribution in [0.15, 0.2) is 72.8 Å². The number of hydrogen-bond acceptors (Lipinski definition) is 6. The summed E-state index contributed by atoms with van der Waals surface area (Å²) in [7, 11) is 0. The van der Waals surface area contributed by atoms with Crippen LogP contribution in [-0.2, 0) is 9.53 Å². The Morgan fingerprint density at radius 3 is 2.24 bits per heavy atom. The number of imide groups is 1. The first-order valence-electron chi connectivity index (χ1n) is 10.2. The molecule has 0 unspecified atom stereocenters. The molecule has 8 nitrogen and oxygen atoms in total. The van der Waals surface area contributed by atoms with Gasteiger partial charge in [0.25, 0.3) is 11.8 Å². The van der Waals surface area contributed by atoms with Gasteiger partial charge in [-0.3, -0.25) is 14.4 Å². The van der Waals surface area contributed by atoms with Crippen LogP contribution in [0.25, 0.3) is 0 Å². The van der Waals surface area contributed by atoms with Crippen molar-refractivity contribution in [2.24, 2.45) is 0 Å². The van der Waals surface area contributed by atoms with Crippen LogP contribution in [-0.4, -0.2) is 36.9 Å². The highest BCUT2D eigenvalue weighted by Crippen LogP contribution is 2.30. The summed E-state index contributed by atoms with van der Waals surface area (Å²) in [5.41, 5.74) is 1.40. The lowest BCUT2D eigenvalue weighted by Gasteiger charge is -2.14. The molecule has 166 valence electrons. The molecule has 33 heavy (non-hydrogen) atoms. The van der Waals surface area contributed by atoms with Crippen molar-refractivity contribution in [3.05, 3.63) is 89.5 Å². The number of anilines is 2. The Hall–Kier alpha value is -4.46. The third-order valence-electron chi connectivity index (χ3n) is 4.90. The van der Waals surface area contributed by atoms with Gasteiger partial charge in [-0.05, 0) is 54.6 Å². The van der Waals surface area contributed by atoms with Crippen molar-refractivity contribution < 1.29 is 28.7 Å². The van der Waals surface area contributed by atoms with Crippen LogP contribution in [0.2, 0.25) is 0 Å². The summed E-state index contributed by atoms with van der Waals surface area (Å²) in [6, 6.07) is 19.7. The summed E-state index contributed by atoms with van der Waals surface area (Å²) >= 11 is 0. The Morgan fingerprint density at radius 2 is 1.55 bits per heavy atom. The van der Waals surface area contributed by atoms with E-state index >= 15 is 0 Å². The number of carbonyl (C=O) groups excluding carboxylic acids is 4. The SMILES string of the molecule is CC(=O)Nc1ccc(N2C(=O)c3ccc(C(=O)OCCOc4ccccc4)cc3C2=O)cc1. The number of rotatable bonds is 7. The van der Waals surface area contributed by atoms with Crippen LogP contribution in [0, 0.1) is 0 Å². The van der Waals surface area contributed by atoms with Crippen LogP contribution < -0.4 is 15.0 Å². The van der Waals surface area contributed by atoms with Gasteiger partial charge >= 0.3 is 5.97 Å². The number of ether oxygens (including phenoxy) is 2. The quantitative estimate of drug-likeness (QED) is 0.339. The molecule has 0 radical (unpaired) electrons. The van der Waals surface area contributed by atoms with Gasteiger partial charge in [0.15, 0.2) is 0 Å². The topological polar surface area (TPSA) is 102 Å². The normalized spacial score (nSPS) is 12.3. The lowest BCUT2D eigenvalue weighted by molar-refractivity contribution is -0.114. The monoisotopic (exact) mass is 444 g/mol. The summed E-state index contributed by atoms with van der Waals surface area (Å²) in [6.45, 7) is 1.60. The van der Waals surface area contributed by atoms with Gasteiger partial charge in [-0.15, -0.1) is 0 Å². The fourth-order valence-electron chi connectivity index (χ4n) is 3.39. The van der Waals surface area contributed by atoms with Crippen molar-refractivity contribution in [2.75, 3.05) is 23.4 Å². The first-order chi connectivity index (χ1) is 15.9. The van der Waals surface area contributed by atoms with Crippen LogP contribution in [0.5, 0.6) is 5.75 Å². The lowest BCUT2D eigenvalue weighted by atomic mass is 10.1. The zero-order valence-electron chi connectivity index (χ0n) is 17.7. The Bertz CT molecular complexity index is 1220. The molecule has 1 N–H and O–H groups in total. The highest BCUT2D eigenvalue weighted by Gasteiger charge is 2.37. The van der Waals surface area contributed by atoms with Gasteiger partial charge in [0.1, 0.15) is 19.0 Å². The molecule has 3 aromatic rings. The van der Waals surface area contributed by atoms with E-state index in [2.05, 4.69) is 5.32 Å². The van der Waals surface area contributed by atoms with E-state index in [1.165, 1.54) is 25.1 Å². The van der Waals surface area contributed by atoms with E-state index in [1.54, 1.807) is 36.4 Å². The minimum absolute atomic E-state index is 0.0322. The number of nitrogens with one attached hydrogen (secondary N) is 1. The molecule has 1 aliphatic rings. The minimum atomic E-state index is -0.618. The largest absolute Gasteiger partial charge is 0.490 e. The molecule has 4 rings (SSSR count). The highest BCUT2D eigenvalue weighted by molar-refractivity contribution is 6.34. The molecular weight excluding hydrogens is 424 g/mol. The van der Waals surface area contributed by atoms with E-state index in [-0.39, 0.29) is 35.8 Å². The molecule has 0 aromatic heterocycles. The predicted octanol–water partition coefficient (Wildman–Crippen LogP) is 3.68. The lowest BCUT2D eigenvalue weighted by Crippen LogP contribution is -2.29. The zero-order chi connectivity index (χ0) is 23.4. The first kappa shape index (κ1) is 21.8. The maximum Gasteiger partial charge on any atom is 0.338 e. The Balaban J connectivity index is 1.42. The summed E-state index contributed by atoms with van der Waals surface area (Å²) in [5, 5.41) is 2.62. The highest BCUT2D eigenvalue weighted by atomic mass is 16.6. The average molecular weight is 444 g/mol. The number of nitrogens with zero attached hydrogens (tertiary/aromatic N) is 1. The second kappa shape index (κ2) is 9.35. The molecule has 0 atom stereocenters. The van der Waals surface area contributed by atoms with Crippen LogP contribution in [0.1, 0.15) is 38.0 Å². The van der Waals surface area contributed by atoms with E-state index in [9.17, 15) is 19.2 Å². The van der Waals surface area contributed by atoms with E-state index in [4.69, 9.17) is 9.47 Å². The molecule has 3 aromatic carbocycles. The van der Waals surface area contributed by atoms with Gasteiger partial charge in [0.05, 0.1) is 22.4 Å². The van der Waals surface area contributed by atoms with Crippen molar-refractivity contribution in [3.63, 3.8) is 0 Å². The number of esters is 1. The summed E-state index contributed by atoms with van der Waals surface area (Å²) < 4.78 is 10.7. The second-order valence-corrected chi connectivity index (χ2v) is 7.23. The van der Waals surface area contributed by atoms with Crippen molar-refractivity contribution in [1.82, 2.24) is 0 Å². The molecule has 1 heterocycles. The average Bonchev–Trinajstić information content (AvgIpc) is 3.07. The van der Waals surface area contributed by atoms with Crippen LogP contribution in [0.4, 0.5) is 11.4 Å². The molecule has 0 saturated heterocycles. The number of fused-ring (bicyclic) bond motifs is 1. The Kier molecular flexibility index (Phi) is 6.17. The first-order valence-corrected chi connectivity index (χ1v) is 10.2. The van der Waals surface area contributed by atoms with E-state index in [1.807, 2.05) is 18.2 Å².